The number of rotatable bonds is 8. The van der Waals surface area contributed by atoms with Crippen LogP contribution in [0.25, 0.3) is 16.9 Å². The molecule has 0 saturated carbocycles. The van der Waals surface area contributed by atoms with Crippen LogP contribution >= 0.6 is 0 Å². The van der Waals surface area contributed by atoms with E-state index in [2.05, 4.69) is 35.4 Å². The molecule has 0 aliphatic carbocycles. The smallest absolute Gasteiger partial charge is 0.372 e. The van der Waals surface area contributed by atoms with E-state index in [1.165, 1.54) is 0 Å². The van der Waals surface area contributed by atoms with E-state index in [-0.39, 0.29) is 11.4 Å². The molecule has 0 bridgehead atoms. The Labute approximate surface area is 217 Å². The third-order valence-electron chi connectivity index (χ3n) is 5.88. The molecule has 1 aromatic carbocycles. The van der Waals surface area contributed by atoms with Gasteiger partial charge in [0.1, 0.15) is 11.5 Å². The maximum Gasteiger partial charge on any atom is 0.416 e. The van der Waals surface area contributed by atoms with Gasteiger partial charge in [0.15, 0.2) is 0 Å². The molecule has 0 atom stereocenters. The summed E-state index contributed by atoms with van der Waals surface area (Å²) < 4.78 is 40.5. The molecule has 0 saturated heterocycles. The number of likely N-dealkylation sites (N-methyl/N-ethyl adjacent to an activating group) is 2. The van der Waals surface area contributed by atoms with E-state index in [9.17, 15) is 18.0 Å². The standard InChI is InChI=1S/C26H27F3N8O/c1-17-5-6-18(25(38)32-24-13-20(7-8-31-24)26(27,28)29)12-23(17)37-16-22(33-34-37)19-11-21(15-30-14-19)36(4)10-9-35(2)3/h5-8,11-16H,9-10H2,1-4H3,(H,31,32,38). The first-order valence-corrected chi connectivity index (χ1v) is 11.7. The molecule has 198 valence electrons. The number of hydrogen-bond donors (Lipinski definition) is 1. The van der Waals surface area contributed by atoms with Gasteiger partial charge in [-0.2, -0.15) is 13.2 Å². The van der Waals surface area contributed by atoms with Gasteiger partial charge in [-0.05, 0) is 56.9 Å². The second-order valence-electron chi connectivity index (χ2n) is 9.09. The number of nitrogens with zero attached hydrogens (tertiary/aromatic N) is 7. The molecule has 0 radical (unpaired) electrons. The fourth-order valence-electron chi connectivity index (χ4n) is 3.63. The first-order chi connectivity index (χ1) is 18.0. The van der Waals surface area contributed by atoms with Crippen molar-refractivity contribution < 1.29 is 18.0 Å². The van der Waals surface area contributed by atoms with E-state index in [4.69, 9.17) is 0 Å². The number of anilines is 2. The van der Waals surface area contributed by atoms with Gasteiger partial charge in [-0.1, -0.05) is 11.3 Å². The lowest BCUT2D eigenvalue weighted by Gasteiger charge is -2.21. The number of alkyl halides is 3. The summed E-state index contributed by atoms with van der Waals surface area (Å²) in [5.41, 5.74) is 3.08. The lowest BCUT2D eigenvalue weighted by molar-refractivity contribution is -0.137. The molecule has 0 aliphatic rings. The number of hydrogen-bond acceptors (Lipinski definition) is 7. The van der Waals surface area contributed by atoms with E-state index in [1.54, 1.807) is 41.5 Å². The second kappa shape index (κ2) is 11.0. The molecule has 9 nitrogen and oxygen atoms in total. The fourth-order valence-corrected chi connectivity index (χ4v) is 3.63. The maximum atomic E-state index is 13.0. The first kappa shape index (κ1) is 26.7. The van der Waals surface area contributed by atoms with E-state index in [0.29, 0.717) is 11.4 Å². The SMILES string of the molecule is Cc1ccc(C(=O)Nc2cc(C(F)(F)F)ccn2)cc1-n1cc(-c2cncc(N(C)CCN(C)C)c2)nn1. The molecule has 1 amide bonds. The number of benzene rings is 1. The van der Waals surface area contributed by atoms with Crippen LogP contribution < -0.4 is 10.2 Å². The van der Waals surface area contributed by atoms with Crippen molar-refractivity contribution in [3.63, 3.8) is 0 Å². The molecule has 4 aromatic rings. The quantitative estimate of drug-likeness (QED) is 0.367. The third kappa shape index (κ3) is 6.32. The van der Waals surface area contributed by atoms with Crippen LogP contribution in [0.5, 0.6) is 0 Å². The van der Waals surface area contributed by atoms with Crippen molar-refractivity contribution >= 4 is 17.4 Å². The number of pyridine rings is 2. The Balaban J connectivity index is 1.55. The number of aromatic nitrogens is 5. The molecule has 0 spiro atoms. The van der Waals surface area contributed by atoms with E-state index < -0.39 is 17.6 Å². The van der Waals surface area contributed by atoms with Crippen LogP contribution in [0.2, 0.25) is 0 Å². The lowest BCUT2D eigenvalue weighted by Crippen LogP contribution is -2.28. The van der Waals surface area contributed by atoms with Gasteiger partial charge in [0.2, 0.25) is 0 Å². The molecule has 0 unspecified atom stereocenters. The molecular weight excluding hydrogens is 497 g/mol. The molecule has 4 rings (SSSR count). The van der Waals surface area contributed by atoms with E-state index in [1.807, 2.05) is 34.1 Å². The highest BCUT2D eigenvalue weighted by atomic mass is 19.4. The van der Waals surface area contributed by atoms with Crippen molar-refractivity contribution in [2.24, 2.45) is 0 Å². The molecule has 0 fully saturated rings. The largest absolute Gasteiger partial charge is 0.416 e. The highest BCUT2D eigenvalue weighted by molar-refractivity contribution is 6.04. The Hall–Kier alpha value is -4.32. The van der Waals surface area contributed by atoms with Crippen LogP contribution in [0.4, 0.5) is 24.7 Å². The van der Waals surface area contributed by atoms with Gasteiger partial charge in [0, 0.05) is 43.7 Å². The number of carbonyl (C=O) groups excluding carboxylic acids is 1. The van der Waals surface area contributed by atoms with Crippen LogP contribution in [-0.4, -0.2) is 70.0 Å². The Morgan fingerprint density at radius 2 is 1.84 bits per heavy atom. The Bertz CT molecular complexity index is 1430. The number of carbonyl (C=O) groups is 1. The van der Waals surface area contributed by atoms with Crippen molar-refractivity contribution in [2.45, 2.75) is 13.1 Å². The van der Waals surface area contributed by atoms with Crippen molar-refractivity contribution in [3.05, 3.63) is 77.9 Å². The normalized spacial score (nSPS) is 11.6. The van der Waals surface area contributed by atoms with Crippen LogP contribution in [0.3, 0.4) is 0 Å². The zero-order valence-electron chi connectivity index (χ0n) is 21.4. The monoisotopic (exact) mass is 524 g/mol. The molecule has 38 heavy (non-hydrogen) atoms. The summed E-state index contributed by atoms with van der Waals surface area (Å²) in [6.07, 6.45) is 1.69. The summed E-state index contributed by atoms with van der Waals surface area (Å²) >= 11 is 0. The highest BCUT2D eigenvalue weighted by Crippen LogP contribution is 2.30. The number of nitrogens with one attached hydrogen (secondary N) is 1. The summed E-state index contributed by atoms with van der Waals surface area (Å²) in [6, 6.07) is 8.52. The number of amides is 1. The molecule has 0 aliphatic heterocycles. The van der Waals surface area contributed by atoms with Gasteiger partial charge in [-0.25, -0.2) is 9.67 Å². The van der Waals surface area contributed by atoms with Crippen molar-refractivity contribution in [1.82, 2.24) is 29.9 Å². The average Bonchev–Trinajstić information content (AvgIpc) is 3.37. The van der Waals surface area contributed by atoms with Gasteiger partial charge in [-0.3, -0.25) is 9.78 Å². The summed E-state index contributed by atoms with van der Waals surface area (Å²) in [6.45, 7) is 3.58. The minimum Gasteiger partial charge on any atom is -0.372 e. The van der Waals surface area contributed by atoms with Crippen molar-refractivity contribution in [2.75, 3.05) is 44.4 Å². The number of aryl methyl sites for hydroxylation is 1. The predicted molar refractivity (Wildman–Crippen MR) is 138 cm³/mol. The Kier molecular flexibility index (Phi) is 7.72. The zero-order valence-corrected chi connectivity index (χ0v) is 21.4. The molecule has 1 N–H and O–H groups in total. The summed E-state index contributed by atoms with van der Waals surface area (Å²) in [4.78, 5) is 25.2. The summed E-state index contributed by atoms with van der Waals surface area (Å²) in [5, 5.41) is 10.9. The van der Waals surface area contributed by atoms with Crippen LogP contribution in [0, 0.1) is 6.92 Å². The fraction of sp³-hybridized carbons (Fsp3) is 0.269. The number of halogens is 3. The van der Waals surface area contributed by atoms with E-state index in [0.717, 1.165) is 48.2 Å². The van der Waals surface area contributed by atoms with Gasteiger partial charge in [0.05, 0.1) is 29.3 Å². The lowest BCUT2D eigenvalue weighted by atomic mass is 10.1. The minimum absolute atomic E-state index is 0.196. The van der Waals surface area contributed by atoms with E-state index >= 15 is 0 Å². The average molecular weight is 525 g/mol. The van der Waals surface area contributed by atoms with Crippen LogP contribution in [0.1, 0.15) is 21.5 Å². The molecular formula is C26H27F3N8O. The second-order valence-corrected chi connectivity index (χ2v) is 9.09. The van der Waals surface area contributed by atoms with Crippen molar-refractivity contribution in [3.8, 4) is 16.9 Å². The summed E-state index contributed by atoms with van der Waals surface area (Å²) in [5.74, 6) is -0.797. The van der Waals surface area contributed by atoms with Gasteiger partial charge in [0.25, 0.3) is 5.91 Å². The zero-order chi connectivity index (χ0) is 27.4. The third-order valence-corrected chi connectivity index (χ3v) is 5.88. The Morgan fingerprint density at radius 3 is 2.58 bits per heavy atom. The van der Waals surface area contributed by atoms with Gasteiger partial charge in [-0.15, -0.1) is 5.10 Å². The Morgan fingerprint density at radius 1 is 1.05 bits per heavy atom. The summed E-state index contributed by atoms with van der Waals surface area (Å²) in [7, 11) is 6.03. The van der Waals surface area contributed by atoms with Crippen LogP contribution in [0.15, 0.2) is 61.2 Å². The molecule has 3 aromatic heterocycles. The van der Waals surface area contributed by atoms with Crippen LogP contribution in [-0.2, 0) is 6.18 Å². The van der Waals surface area contributed by atoms with Gasteiger partial charge < -0.3 is 15.1 Å². The molecule has 12 heteroatoms. The topological polar surface area (TPSA) is 92.1 Å². The maximum absolute atomic E-state index is 13.0. The molecule has 3 heterocycles. The predicted octanol–water partition coefficient (Wildman–Crippen LogP) is 4.30. The van der Waals surface area contributed by atoms with Gasteiger partial charge >= 0.3 is 6.18 Å². The highest BCUT2D eigenvalue weighted by Gasteiger charge is 2.31. The van der Waals surface area contributed by atoms with Crippen molar-refractivity contribution in [1.29, 1.82) is 0 Å². The minimum atomic E-state index is -4.54. The first-order valence-electron chi connectivity index (χ1n) is 11.7.